The van der Waals surface area contributed by atoms with E-state index < -0.39 is 11.7 Å². The van der Waals surface area contributed by atoms with Crippen LogP contribution in [-0.2, 0) is 11.2 Å². The van der Waals surface area contributed by atoms with Gasteiger partial charge in [-0.2, -0.15) is 9.78 Å². The highest BCUT2D eigenvalue weighted by Gasteiger charge is 2.13. The summed E-state index contributed by atoms with van der Waals surface area (Å²) in [6, 6.07) is 22.4. The van der Waals surface area contributed by atoms with E-state index in [2.05, 4.69) is 33.3 Å². The van der Waals surface area contributed by atoms with E-state index in [1.807, 2.05) is 42.5 Å². The van der Waals surface area contributed by atoms with Crippen molar-refractivity contribution in [3.05, 3.63) is 111 Å². The minimum absolute atomic E-state index is 0.272. The van der Waals surface area contributed by atoms with Crippen molar-refractivity contribution in [2.24, 2.45) is 5.10 Å². The third-order valence-corrected chi connectivity index (χ3v) is 6.82. The summed E-state index contributed by atoms with van der Waals surface area (Å²) >= 11 is 3.44. The molecule has 9 heteroatoms. The van der Waals surface area contributed by atoms with Crippen molar-refractivity contribution in [3.8, 4) is 5.75 Å². The molecule has 5 rings (SSSR count). The monoisotopic (exact) mass is 600 g/mol. The molecular weight excluding hydrogens is 575 g/mol. The first-order chi connectivity index (χ1) is 19.4. The van der Waals surface area contributed by atoms with Gasteiger partial charge in [0.1, 0.15) is 17.4 Å². The predicted molar refractivity (Wildman–Crippen MR) is 160 cm³/mol. The highest BCUT2D eigenvalue weighted by molar-refractivity contribution is 9.10. The Balaban J connectivity index is 1.51. The number of amides is 1. The lowest BCUT2D eigenvalue weighted by Crippen LogP contribution is -2.23. The van der Waals surface area contributed by atoms with E-state index in [-0.39, 0.29) is 12.2 Å². The number of hydrogen-bond acceptors (Lipinski definition) is 5. The number of aryl methyl sites for hydroxylation is 1. The standard InChI is InChI=1S/C31H26BrFN4O3/c1-2-3-11-29-36-27-14-13-21(32)16-25(27)31(39)37(29)34-18-26-24-10-5-4-7-20(24)12-15-28(26)40-19-30(38)35-23-9-6-8-22(33)17-23/h4-10,12-18H,2-3,11,19H2,1H3,(H,35,38). The van der Waals surface area contributed by atoms with E-state index in [0.29, 0.717) is 40.1 Å². The lowest BCUT2D eigenvalue weighted by Gasteiger charge is -2.13. The molecule has 1 aromatic heterocycles. The Bertz CT molecular complexity index is 1800. The molecule has 4 aromatic carbocycles. The average molecular weight is 601 g/mol. The molecule has 0 spiro atoms. The second-order valence-corrected chi connectivity index (χ2v) is 10.1. The zero-order chi connectivity index (χ0) is 28.1. The average Bonchev–Trinajstić information content (AvgIpc) is 2.95. The van der Waals surface area contributed by atoms with Gasteiger partial charge in [-0.1, -0.05) is 65.7 Å². The molecule has 1 heterocycles. The van der Waals surface area contributed by atoms with Crippen LogP contribution in [0.1, 0.15) is 31.2 Å². The van der Waals surface area contributed by atoms with Gasteiger partial charge in [0, 0.05) is 22.1 Å². The van der Waals surface area contributed by atoms with Crippen LogP contribution in [0.25, 0.3) is 21.7 Å². The Kier molecular flexibility index (Phi) is 8.31. The zero-order valence-corrected chi connectivity index (χ0v) is 23.3. The van der Waals surface area contributed by atoms with E-state index >= 15 is 0 Å². The molecule has 5 aromatic rings. The molecule has 0 aliphatic heterocycles. The maximum absolute atomic E-state index is 13.5. The number of nitrogens with zero attached hydrogens (tertiary/aromatic N) is 3. The quantitative estimate of drug-likeness (QED) is 0.191. The summed E-state index contributed by atoms with van der Waals surface area (Å²) in [4.78, 5) is 30.8. The van der Waals surface area contributed by atoms with Gasteiger partial charge < -0.3 is 10.1 Å². The number of hydrogen-bond donors (Lipinski definition) is 1. The van der Waals surface area contributed by atoms with E-state index in [1.165, 1.54) is 22.9 Å². The Morgan fingerprint density at radius 3 is 2.75 bits per heavy atom. The highest BCUT2D eigenvalue weighted by Crippen LogP contribution is 2.27. The number of benzene rings is 4. The minimum Gasteiger partial charge on any atom is -0.483 e. The molecule has 0 bridgehead atoms. The van der Waals surface area contributed by atoms with Gasteiger partial charge in [0.25, 0.3) is 11.5 Å². The van der Waals surface area contributed by atoms with Gasteiger partial charge in [0.2, 0.25) is 0 Å². The summed E-state index contributed by atoms with van der Waals surface area (Å²) in [5, 5.41) is 9.47. The molecule has 202 valence electrons. The van der Waals surface area contributed by atoms with Crippen LogP contribution in [0.2, 0.25) is 0 Å². The van der Waals surface area contributed by atoms with Crippen LogP contribution >= 0.6 is 15.9 Å². The highest BCUT2D eigenvalue weighted by atomic mass is 79.9. The first-order valence-electron chi connectivity index (χ1n) is 12.9. The fourth-order valence-electron chi connectivity index (χ4n) is 4.37. The number of halogens is 2. The third-order valence-electron chi connectivity index (χ3n) is 6.33. The summed E-state index contributed by atoms with van der Waals surface area (Å²) < 4.78 is 21.5. The summed E-state index contributed by atoms with van der Waals surface area (Å²) in [5.41, 5.74) is 1.29. The lowest BCUT2D eigenvalue weighted by atomic mass is 10.0. The molecule has 0 aliphatic carbocycles. The second-order valence-electron chi connectivity index (χ2n) is 9.20. The topological polar surface area (TPSA) is 85.6 Å². The van der Waals surface area contributed by atoms with Crippen molar-refractivity contribution in [1.82, 2.24) is 9.66 Å². The van der Waals surface area contributed by atoms with Crippen LogP contribution in [0.5, 0.6) is 5.75 Å². The fraction of sp³-hybridized carbons (Fsp3) is 0.161. The van der Waals surface area contributed by atoms with Gasteiger partial charge in [0.05, 0.1) is 17.1 Å². The molecule has 0 radical (unpaired) electrons. The fourth-order valence-corrected chi connectivity index (χ4v) is 4.73. The van der Waals surface area contributed by atoms with Crippen molar-refractivity contribution in [1.29, 1.82) is 0 Å². The van der Waals surface area contributed by atoms with Gasteiger partial charge in [-0.05, 0) is 59.7 Å². The number of anilines is 1. The number of fused-ring (bicyclic) bond motifs is 2. The molecule has 0 fully saturated rings. The maximum atomic E-state index is 13.5. The van der Waals surface area contributed by atoms with E-state index in [9.17, 15) is 14.0 Å². The van der Waals surface area contributed by atoms with Gasteiger partial charge >= 0.3 is 0 Å². The maximum Gasteiger partial charge on any atom is 0.282 e. The first-order valence-corrected chi connectivity index (χ1v) is 13.7. The number of unbranched alkanes of at least 4 members (excludes halogenated alkanes) is 1. The number of nitrogens with one attached hydrogen (secondary N) is 1. The molecule has 0 atom stereocenters. The number of aromatic nitrogens is 2. The summed E-state index contributed by atoms with van der Waals surface area (Å²) in [7, 11) is 0. The molecule has 0 saturated heterocycles. The molecular formula is C31H26BrFN4O3. The molecule has 40 heavy (non-hydrogen) atoms. The van der Waals surface area contributed by atoms with Crippen LogP contribution in [0.15, 0.2) is 93.2 Å². The lowest BCUT2D eigenvalue weighted by molar-refractivity contribution is -0.118. The van der Waals surface area contributed by atoms with Crippen LogP contribution in [0.4, 0.5) is 10.1 Å². The van der Waals surface area contributed by atoms with E-state index in [4.69, 9.17) is 9.72 Å². The zero-order valence-electron chi connectivity index (χ0n) is 21.7. The van der Waals surface area contributed by atoms with Gasteiger partial charge in [0.15, 0.2) is 6.61 Å². The smallest absolute Gasteiger partial charge is 0.282 e. The number of ether oxygens (including phenoxy) is 1. The summed E-state index contributed by atoms with van der Waals surface area (Å²) in [6.07, 6.45) is 3.96. The van der Waals surface area contributed by atoms with Crippen molar-refractivity contribution >= 4 is 55.4 Å². The summed E-state index contributed by atoms with van der Waals surface area (Å²) in [6.45, 7) is 1.77. The van der Waals surface area contributed by atoms with Crippen LogP contribution < -0.4 is 15.6 Å². The second kappa shape index (κ2) is 12.2. The largest absolute Gasteiger partial charge is 0.483 e. The van der Waals surface area contributed by atoms with Crippen molar-refractivity contribution in [2.75, 3.05) is 11.9 Å². The van der Waals surface area contributed by atoms with Crippen LogP contribution in [0, 0.1) is 5.82 Å². The molecule has 1 N–H and O–H groups in total. The normalized spacial score (nSPS) is 11.4. The van der Waals surface area contributed by atoms with Crippen LogP contribution in [0.3, 0.4) is 0 Å². The minimum atomic E-state index is -0.448. The van der Waals surface area contributed by atoms with Crippen molar-refractivity contribution < 1.29 is 13.9 Å². The molecule has 1 amide bonds. The van der Waals surface area contributed by atoms with Crippen molar-refractivity contribution in [2.45, 2.75) is 26.2 Å². The Morgan fingerprint density at radius 1 is 1.07 bits per heavy atom. The number of rotatable bonds is 9. The first kappa shape index (κ1) is 27.2. The Morgan fingerprint density at radius 2 is 1.93 bits per heavy atom. The summed E-state index contributed by atoms with van der Waals surface area (Å²) in [5.74, 6) is 0.0893. The van der Waals surface area contributed by atoms with E-state index in [1.54, 1.807) is 24.4 Å². The van der Waals surface area contributed by atoms with Gasteiger partial charge in [-0.15, -0.1) is 0 Å². The molecule has 0 saturated carbocycles. The molecule has 7 nitrogen and oxygen atoms in total. The SMILES string of the molecule is CCCCc1nc2ccc(Br)cc2c(=O)n1N=Cc1c(OCC(=O)Nc2cccc(F)c2)ccc2ccccc12. The van der Waals surface area contributed by atoms with Gasteiger partial charge in [-0.25, -0.2) is 9.37 Å². The third kappa shape index (κ3) is 6.10. The predicted octanol–water partition coefficient (Wildman–Crippen LogP) is 6.69. The van der Waals surface area contributed by atoms with Crippen molar-refractivity contribution in [3.63, 3.8) is 0 Å². The molecule has 0 aliphatic rings. The van der Waals surface area contributed by atoms with Gasteiger partial charge in [-0.3, -0.25) is 9.59 Å². The Hall–Kier alpha value is -4.37. The van der Waals surface area contributed by atoms with E-state index in [0.717, 1.165) is 28.1 Å². The van der Waals surface area contributed by atoms with Crippen LogP contribution in [-0.4, -0.2) is 28.4 Å². The number of carbonyl (C=O) groups excluding carboxylic acids is 1. The Labute approximate surface area is 238 Å². The molecule has 0 unspecified atom stereocenters. The number of carbonyl (C=O) groups is 1.